The number of aromatic hydroxyl groups is 1. The third-order valence-corrected chi connectivity index (χ3v) is 1.70. The molecule has 0 aliphatic carbocycles. The third kappa shape index (κ3) is 1.70. The highest BCUT2D eigenvalue weighted by Gasteiger charge is 1.99. The van der Waals surface area contributed by atoms with Crippen molar-refractivity contribution < 1.29 is 9.50 Å². The molecular weight excluding hydrogens is 143 g/mol. The van der Waals surface area contributed by atoms with Gasteiger partial charge in [-0.2, -0.15) is 0 Å². The standard InChI is InChI=1S/C9H11FO/c1-2-7-3-4-8(6-10)9(11)5-7/h3-5,11H,2,6H2,1H3. The molecule has 0 amide bonds. The Balaban J connectivity index is 2.99. The van der Waals surface area contributed by atoms with Gasteiger partial charge in [-0.05, 0) is 18.1 Å². The minimum Gasteiger partial charge on any atom is -0.508 e. The number of aryl methyl sites for hydroxylation is 1. The highest BCUT2D eigenvalue weighted by molar-refractivity contribution is 5.35. The fourth-order valence-electron chi connectivity index (χ4n) is 0.942. The van der Waals surface area contributed by atoms with Gasteiger partial charge in [-0.1, -0.05) is 19.1 Å². The van der Waals surface area contributed by atoms with Crippen LogP contribution in [-0.4, -0.2) is 5.11 Å². The average molecular weight is 154 g/mol. The molecule has 0 saturated carbocycles. The van der Waals surface area contributed by atoms with Crippen LogP contribution in [0.2, 0.25) is 0 Å². The quantitative estimate of drug-likeness (QED) is 0.693. The molecule has 11 heavy (non-hydrogen) atoms. The van der Waals surface area contributed by atoms with Crippen molar-refractivity contribution in [3.05, 3.63) is 29.3 Å². The van der Waals surface area contributed by atoms with Gasteiger partial charge in [-0.25, -0.2) is 4.39 Å². The summed E-state index contributed by atoms with van der Waals surface area (Å²) in [7, 11) is 0. The van der Waals surface area contributed by atoms with Gasteiger partial charge >= 0.3 is 0 Å². The molecule has 0 bridgehead atoms. The molecule has 0 aliphatic rings. The lowest BCUT2D eigenvalue weighted by Gasteiger charge is -2.01. The van der Waals surface area contributed by atoms with Crippen LogP contribution in [0.4, 0.5) is 4.39 Å². The molecule has 0 aliphatic heterocycles. The van der Waals surface area contributed by atoms with Gasteiger partial charge in [-0.15, -0.1) is 0 Å². The maximum absolute atomic E-state index is 12.1. The molecule has 0 saturated heterocycles. The fourth-order valence-corrected chi connectivity index (χ4v) is 0.942. The van der Waals surface area contributed by atoms with Crippen LogP contribution >= 0.6 is 0 Å². The molecule has 1 aromatic rings. The average Bonchev–Trinajstić information content (AvgIpc) is 2.04. The molecule has 0 aromatic heterocycles. The molecule has 60 valence electrons. The topological polar surface area (TPSA) is 20.2 Å². The Morgan fingerprint density at radius 3 is 2.64 bits per heavy atom. The van der Waals surface area contributed by atoms with E-state index in [0.717, 1.165) is 12.0 Å². The van der Waals surface area contributed by atoms with Crippen LogP contribution in [-0.2, 0) is 13.1 Å². The predicted molar refractivity (Wildman–Crippen MR) is 42.3 cm³/mol. The van der Waals surface area contributed by atoms with E-state index in [4.69, 9.17) is 0 Å². The first-order chi connectivity index (χ1) is 5.27. The van der Waals surface area contributed by atoms with Crippen molar-refractivity contribution in [2.75, 3.05) is 0 Å². The van der Waals surface area contributed by atoms with Crippen molar-refractivity contribution in [1.82, 2.24) is 0 Å². The molecule has 0 atom stereocenters. The van der Waals surface area contributed by atoms with Crippen LogP contribution in [0, 0.1) is 0 Å². The first kappa shape index (κ1) is 8.05. The molecule has 0 fully saturated rings. The number of alkyl halides is 1. The van der Waals surface area contributed by atoms with Gasteiger partial charge < -0.3 is 5.11 Å². The van der Waals surface area contributed by atoms with Gasteiger partial charge in [0.15, 0.2) is 0 Å². The first-order valence-electron chi connectivity index (χ1n) is 3.64. The number of phenolic OH excluding ortho intramolecular Hbond substituents is 1. The molecule has 1 aromatic carbocycles. The summed E-state index contributed by atoms with van der Waals surface area (Å²) in [6, 6.07) is 5.05. The summed E-state index contributed by atoms with van der Waals surface area (Å²) >= 11 is 0. The van der Waals surface area contributed by atoms with Crippen molar-refractivity contribution in [2.24, 2.45) is 0 Å². The van der Waals surface area contributed by atoms with Crippen LogP contribution in [0.5, 0.6) is 5.75 Å². The molecular formula is C9H11FO. The Kier molecular flexibility index (Phi) is 2.47. The van der Waals surface area contributed by atoms with E-state index in [1.54, 1.807) is 12.1 Å². The maximum Gasteiger partial charge on any atom is 0.121 e. The molecule has 1 rings (SSSR count). The monoisotopic (exact) mass is 154 g/mol. The lowest BCUT2D eigenvalue weighted by molar-refractivity contribution is 0.432. The van der Waals surface area contributed by atoms with Gasteiger partial charge in [-0.3, -0.25) is 0 Å². The second-order valence-corrected chi connectivity index (χ2v) is 2.45. The van der Waals surface area contributed by atoms with E-state index >= 15 is 0 Å². The second-order valence-electron chi connectivity index (χ2n) is 2.45. The van der Waals surface area contributed by atoms with E-state index in [0.29, 0.717) is 5.56 Å². The van der Waals surface area contributed by atoms with E-state index in [9.17, 15) is 9.50 Å². The second kappa shape index (κ2) is 3.37. The zero-order valence-corrected chi connectivity index (χ0v) is 6.47. The van der Waals surface area contributed by atoms with Gasteiger partial charge in [0.2, 0.25) is 0 Å². The molecule has 0 heterocycles. The van der Waals surface area contributed by atoms with Gasteiger partial charge in [0, 0.05) is 5.56 Å². The number of hydrogen-bond acceptors (Lipinski definition) is 1. The van der Waals surface area contributed by atoms with Crippen LogP contribution in [0.1, 0.15) is 18.1 Å². The Morgan fingerprint density at radius 2 is 2.18 bits per heavy atom. The highest BCUT2D eigenvalue weighted by atomic mass is 19.1. The van der Waals surface area contributed by atoms with Crippen molar-refractivity contribution in [2.45, 2.75) is 20.0 Å². The van der Waals surface area contributed by atoms with Crippen LogP contribution in [0.3, 0.4) is 0 Å². The predicted octanol–water partition coefficient (Wildman–Crippen LogP) is 2.42. The summed E-state index contributed by atoms with van der Waals surface area (Å²) in [5.41, 5.74) is 1.39. The number of hydrogen-bond donors (Lipinski definition) is 1. The Morgan fingerprint density at radius 1 is 1.45 bits per heavy atom. The third-order valence-electron chi connectivity index (χ3n) is 1.70. The highest BCUT2D eigenvalue weighted by Crippen LogP contribution is 2.19. The van der Waals surface area contributed by atoms with E-state index in [2.05, 4.69) is 0 Å². The molecule has 0 unspecified atom stereocenters. The van der Waals surface area contributed by atoms with Gasteiger partial charge in [0.05, 0.1) is 0 Å². The Bertz CT molecular complexity index is 245. The molecule has 1 N–H and O–H groups in total. The first-order valence-corrected chi connectivity index (χ1v) is 3.64. The largest absolute Gasteiger partial charge is 0.508 e. The van der Waals surface area contributed by atoms with Gasteiger partial charge in [0.25, 0.3) is 0 Å². The summed E-state index contributed by atoms with van der Waals surface area (Å²) < 4.78 is 12.1. The molecule has 1 nitrogen and oxygen atoms in total. The van der Waals surface area contributed by atoms with E-state index < -0.39 is 6.67 Å². The van der Waals surface area contributed by atoms with Crippen molar-refractivity contribution in [1.29, 1.82) is 0 Å². The minimum atomic E-state index is -0.601. The lowest BCUT2D eigenvalue weighted by atomic mass is 10.1. The SMILES string of the molecule is CCc1ccc(CF)c(O)c1. The zero-order valence-electron chi connectivity index (χ0n) is 6.47. The van der Waals surface area contributed by atoms with Gasteiger partial charge in [0.1, 0.15) is 12.4 Å². The smallest absolute Gasteiger partial charge is 0.121 e. The minimum absolute atomic E-state index is 0.0619. The normalized spacial score (nSPS) is 10.0. The van der Waals surface area contributed by atoms with Crippen molar-refractivity contribution in [3.8, 4) is 5.75 Å². The van der Waals surface area contributed by atoms with E-state index in [1.807, 2.05) is 13.0 Å². The Hall–Kier alpha value is -1.05. The zero-order chi connectivity index (χ0) is 8.27. The summed E-state index contributed by atoms with van der Waals surface area (Å²) in [5, 5.41) is 9.18. The maximum atomic E-state index is 12.1. The fraction of sp³-hybridized carbons (Fsp3) is 0.333. The van der Waals surface area contributed by atoms with Crippen molar-refractivity contribution >= 4 is 0 Å². The van der Waals surface area contributed by atoms with Crippen LogP contribution < -0.4 is 0 Å². The summed E-state index contributed by atoms with van der Waals surface area (Å²) in [6.45, 7) is 1.39. The van der Waals surface area contributed by atoms with Crippen LogP contribution in [0.15, 0.2) is 18.2 Å². The Labute approximate surface area is 65.5 Å². The number of rotatable bonds is 2. The number of benzene rings is 1. The molecule has 0 radical (unpaired) electrons. The summed E-state index contributed by atoms with van der Waals surface area (Å²) in [5.74, 6) is 0.0619. The molecule has 0 spiro atoms. The van der Waals surface area contributed by atoms with E-state index in [-0.39, 0.29) is 5.75 Å². The summed E-state index contributed by atoms with van der Waals surface area (Å²) in [4.78, 5) is 0. The lowest BCUT2D eigenvalue weighted by Crippen LogP contribution is -1.83. The molecule has 2 heteroatoms. The van der Waals surface area contributed by atoms with E-state index in [1.165, 1.54) is 0 Å². The number of phenols is 1. The van der Waals surface area contributed by atoms with Crippen molar-refractivity contribution in [3.63, 3.8) is 0 Å². The summed E-state index contributed by atoms with van der Waals surface area (Å²) in [6.07, 6.45) is 0.861. The van der Waals surface area contributed by atoms with Crippen LogP contribution in [0.25, 0.3) is 0 Å². The number of halogens is 1.